The van der Waals surface area contributed by atoms with Crippen molar-refractivity contribution in [3.63, 3.8) is 0 Å². The summed E-state index contributed by atoms with van der Waals surface area (Å²) in [6.45, 7) is 17.6. The second-order valence-corrected chi connectivity index (χ2v) is 9.11. The molecule has 1 saturated heterocycles. The first-order valence-electron chi connectivity index (χ1n) is 11.0. The number of piperazine rings is 1. The zero-order chi connectivity index (χ0) is 21.3. The van der Waals surface area contributed by atoms with Crippen LogP contribution in [0.3, 0.4) is 0 Å². The van der Waals surface area contributed by atoms with Crippen LogP contribution in [0.15, 0.2) is 29.3 Å². The first-order chi connectivity index (χ1) is 14.6. The Morgan fingerprint density at radius 1 is 1.00 bits per heavy atom. The van der Waals surface area contributed by atoms with Crippen LogP contribution in [0, 0.1) is 13.8 Å². The van der Waals surface area contributed by atoms with Crippen molar-refractivity contribution >= 4 is 17.3 Å². The van der Waals surface area contributed by atoms with Gasteiger partial charge in [0.15, 0.2) is 5.96 Å². The SMILES string of the molecule is CCNC(=NCc1ccc(CN2CCN(CC)CC2)cc1)NCc1nc(C)c(C)s1. The Kier molecular flexibility index (Phi) is 8.66. The Balaban J connectivity index is 1.50. The van der Waals surface area contributed by atoms with Crippen LogP contribution in [0.5, 0.6) is 0 Å². The predicted octanol–water partition coefficient (Wildman–Crippen LogP) is 3.15. The molecule has 0 atom stereocenters. The number of rotatable bonds is 8. The number of hydrogen-bond acceptors (Lipinski definition) is 5. The van der Waals surface area contributed by atoms with Crippen LogP contribution >= 0.6 is 11.3 Å². The maximum atomic E-state index is 4.75. The minimum absolute atomic E-state index is 0.667. The van der Waals surface area contributed by atoms with Crippen LogP contribution in [0.4, 0.5) is 0 Å². The van der Waals surface area contributed by atoms with Crippen molar-refractivity contribution < 1.29 is 0 Å². The summed E-state index contributed by atoms with van der Waals surface area (Å²) in [6, 6.07) is 8.91. The van der Waals surface area contributed by atoms with Crippen molar-refractivity contribution in [3.8, 4) is 0 Å². The van der Waals surface area contributed by atoms with Gasteiger partial charge in [0.25, 0.3) is 0 Å². The van der Waals surface area contributed by atoms with Gasteiger partial charge in [-0.2, -0.15) is 0 Å². The summed E-state index contributed by atoms with van der Waals surface area (Å²) in [6.07, 6.45) is 0. The van der Waals surface area contributed by atoms with Crippen LogP contribution in [-0.4, -0.2) is 60.0 Å². The van der Waals surface area contributed by atoms with E-state index in [-0.39, 0.29) is 0 Å². The molecule has 0 bridgehead atoms. The first kappa shape index (κ1) is 22.7. The van der Waals surface area contributed by atoms with Gasteiger partial charge >= 0.3 is 0 Å². The third kappa shape index (κ3) is 6.79. The van der Waals surface area contributed by atoms with Crippen LogP contribution in [0.25, 0.3) is 0 Å². The van der Waals surface area contributed by atoms with Crippen LogP contribution < -0.4 is 10.6 Å². The fraction of sp³-hybridized carbons (Fsp3) is 0.565. The van der Waals surface area contributed by atoms with E-state index < -0.39 is 0 Å². The van der Waals surface area contributed by atoms with E-state index in [1.807, 2.05) is 0 Å². The molecule has 3 rings (SSSR count). The average molecular weight is 429 g/mol. The molecule has 0 aliphatic carbocycles. The molecule has 2 N–H and O–H groups in total. The minimum Gasteiger partial charge on any atom is -0.357 e. The third-order valence-corrected chi connectivity index (χ3v) is 6.66. The number of aliphatic imine (C=N–C) groups is 1. The van der Waals surface area contributed by atoms with Crippen molar-refractivity contribution in [3.05, 3.63) is 51.0 Å². The highest BCUT2D eigenvalue weighted by Gasteiger charge is 2.15. The number of thiazole rings is 1. The van der Waals surface area contributed by atoms with E-state index in [1.54, 1.807) is 11.3 Å². The van der Waals surface area contributed by atoms with Gasteiger partial charge in [-0.05, 0) is 38.4 Å². The molecule has 1 aromatic carbocycles. The van der Waals surface area contributed by atoms with Gasteiger partial charge in [0.05, 0.1) is 18.8 Å². The standard InChI is InChI=1S/C23H36N6S/c1-5-24-23(26-16-22-27-18(3)19(4)30-22)25-15-20-7-9-21(10-8-20)17-29-13-11-28(6-2)12-14-29/h7-10H,5-6,11-17H2,1-4H3,(H2,24,25,26). The zero-order valence-electron chi connectivity index (χ0n) is 18.9. The largest absolute Gasteiger partial charge is 0.357 e. The van der Waals surface area contributed by atoms with E-state index in [0.717, 1.165) is 49.4 Å². The van der Waals surface area contributed by atoms with Crippen LogP contribution in [0.2, 0.25) is 0 Å². The lowest BCUT2D eigenvalue weighted by atomic mass is 10.1. The normalized spacial score (nSPS) is 16.1. The van der Waals surface area contributed by atoms with E-state index >= 15 is 0 Å². The summed E-state index contributed by atoms with van der Waals surface area (Å²) in [7, 11) is 0. The van der Waals surface area contributed by atoms with E-state index in [1.165, 1.54) is 29.1 Å². The Labute approximate surface area is 185 Å². The second-order valence-electron chi connectivity index (χ2n) is 7.82. The number of likely N-dealkylation sites (N-methyl/N-ethyl adjacent to an activating group) is 1. The molecule has 7 heteroatoms. The summed E-state index contributed by atoms with van der Waals surface area (Å²) >= 11 is 1.74. The molecule has 0 amide bonds. The Bertz CT molecular complexity index is 786. The highest BCUT2D eigenvalue weighted by atomic mass is 32.1. The number of nitrogens with zero attached hydrogens (tertiary/aromatic N) is 4. The van der Waals surface area contributed by atoms with Crippen LogP contribution in [0.1, 0.15) is 40.6 Å². The monoisotopic (exact) mass is 428 g/mol. The summed E-state index contributed by atoms with van der Waals surface area (Å²) in [4.78, 5) is 15.7. The lowest BCUT2D eigenvalue weighted by Crippen LogP contribution is -2.45. The van der Waals surface area contributed by atoms with Gasteiger partial charge in [0.2, 0.25) is 0 Å². The highest BCUT2D eigenvalue weighted by molar-refractivity contribution is 7.11. The smallest absolute Gasteiger partial charge is 0.191 e. The number of benzene rings is 1. The molecule has 6 nitrogen and oxygen atoms in total. The van der Waals surface area contributed by atoms with Crippen molar-refractivity contribution in [1.29, 1.82) is 0 Å². The highest BCUT2D eigenvalue weighted by Crippen LogP contribution is 2.16. The van der Waals surface area contributed by atoms with Crippen molar-refractivity contribution in [2.45, 2.75) is 47.3 Å². The molecule has 2 aromatic rings. The molecule has 2 heterocycles. The van der Waals surface area contributed by atoms with Gasteiger partial charge in [-0.3, -0.25) is 4.90 Å². The molecule has 0 saturated carbocycles. The maximum absolute atomic E-state index is 4.75. The van der Waals surface area contributed by atoms with E-state index in [4.69, 9.17) is 4.99 Å². The molecule has 0 spiro atoms. The minimum atomic E-state index is 0.667. The lowest BCUT2D eigenvalue weighted by molar-refractivity contribution is 0.132. The van der Waals surface area contributed by atoms with Gasteiger partial charge in [0, 0.05) is 44.1 Å². The Hall–Kier alpha value is -1.96. The van der Waals surface area contributed by atoms with Gasteiger partial charge in [-0.15, -0.1) is 11.3 Å². The summed E-state index contributed by atoms with van der Waals surface area (Å²) < 4.78 is 0. The fourth-order valence-electron chi connectivity index (χ4n) is 3.56. The molecule has 1 fully saturated rings. The molecule has 30 heavy (non-hydrogen) atoms. The van der Waals surface area contributed by atoms with Crippen molar-refractivity contribution in [1.82, 2.24) is 25.4 Å². The maximum Gasteiger partial charge on any atom is 0.191 e. The molecule has 1 aromatic heterocycles. The number of guanidine groups is 1. The third-order valence-electron chi connectivity index (χ3n) is 5.59. The van der Waals surface area contributed by atoms with E-state index in [9.17, 15) is 0 Å². The van der Waals surface area contributed by atoms with Crippen molar-refractivity contribution in [2.75, 3.05) is 39.3 Å². The fourth-order valence-corrected chi connectivity index (χ4v) is 4.43. The van der Waals surface area contributed by atoms with Gasteiger partial charge in [0.1, 0.15) is 5.01 Å². The molecule has 164 valence electrons. The van der Waals surface area contributed by atoms with Gasteiger partial charge in [-0.25, -0.2) is 9.98 Å². The van der Waals surface area contributed by atoms with Crippen molar-refractivity contribution in [2.24, 2.45) is 4.99 Å². The molecule has 1 aliphatic rings. The van der Waals surface area contributed by atoms with Gasteiger partial charge in [-0.1, -0.05) is 31.2 Å². The van der Waals surface area contributed by atoms with Crippen LogP contribution in [-0.2, 0) is 19.6 Å². The summed E-state index contributed by atoms with van der Waals surface area (Å²) in [5, 5.41) is 7.82. The zero-order valence-corrected chi connectivity index (χ0v) is 19.7. The quantitative estimate of drug-likeness (QED) is 0.500. The Morgan fingerprint density at radius 3 is 2.27 bits per heavy atom. The number of nitrogens with one attached hydrogen (secondary N) is 2. The molecule has 1 aliphatic heterocycles. The topological polar surface area (TPSA) is 55.8 Å². The molecular formula is C23H36N6S. The van der Waals surface area contributed by atoms with Gasteiger partial charge < -0.3 is 15.5 Å². The number of aromatic nitrogens is 1. The second kappa shape index (κ2) is 11.4. The summed E-state index contributed by atoms with van der Waals surface area (Å²) in [5.41, 5.74) is 3.73. The number of aryl methyl sites for hydroxylation is 2. The lowest BCUT2D eigenvalue weighted by Gasteiger charge is -2.34. The first-order valence-corrected chi connectivity index (χ1v) is 11.9. The average Bonchev–Trinajstić information content (AvgIpc) is 3.09. The molecule has 0 radical (unpaired) electrons. The Morgan fingerprint density at radius 2 is 1.67 bits per heavy atom. The van der Waals surface area contributed by atoms with E-state index in [2.05, 4.69) is 77.4 Å². The molecule has 0 unspecified atom stereocenters. The predicted molar refractivity (Wildman–Crippen MR) is 127 cm³/mol. The molecular weight excluding hydrogens is 392 g/mol. The summed E-state index contributed by atoms with van der Waals surface area (Å²) in [5.74, 6) is 0.834. The van der Waals surface area contributed by atoms with E-state index in [0.29, 0.717) is 13.1 Å². The number of hydrogen-bond donors (Lipinski definition) is 2.